The molecule has 0 atom stereocenters. The summed E-state index contributed by atoms with van der Waals surface area (Å²) in [4.78, 5) is 37.5. The van der Waals surface area contributed by atoms with Gasteiger partial charge in [-0.1, -0.05) is 0 Å². The van der Waals surface area contributed by atoms with Gasteiger partial charge in [0, 0.05) is 31.3 Å². The number of rotatable bonds is 2. The second kappa shape index (κ2) is 5.66. The molecule has 1 rings (SSSR count). The van der Waals surface area contributed by atoms with Crippen molar-refractivity contribution in [3.8, 4) is 0 Å². The number of carboxylic acid groups (broad SMARTS) is 1. The Bertz CT molecular complexity index is 414. The normalized spacial score (nSPS) is 18.3. The van der Waals surface area contributed by atoms with Gasteiger partial charge >= 0.3 is 5.97 Å². The Morgan fingerprint density at radius 1 is 1.17 bits per heavy atom. The minimum absolute atomic E-state index is 0.0135. The average molecular weight is 254 g/mol. The molecule has 6 nitrogen and oxygen atoms in total. The van der Waals surface area contributed by atoms with Crippen LogP contribution < -0.4 is 0 Å². The van der Waals surface area contributed by atoms with Gasteiger partial charge in [-0.2, -0.15) is 0 Å². The summed E-state index contributed by atoms with van der Waals surface area (Å²) in [5.41, 5.74) is 0.199. The van der Waals surface area contributed by atoms with E-state index in [-0.39, 0.29) is 29.5 Å². The number of hydrogen-bond donors (Lipinski definition) is 1. The molecule has 0 aliphatic carbocycles. The lowest BCUT2D eigenvalue weighted by molar-refractivity contribution is -0.136. The molecule has 1 saturated heterocycles. The van der Waals surface area contributed by atoms with E-state index in [9.17, 15) is 14.4 Å². The molecule has 0 radical (unpaired) electrons. The van der Waals surface area contributed by atoms with E-state index in [1.54, 1.807) is 11.9 Å². The molecule has 1 heterocycles. The zero-order chi connectivity index (χ0) is 13.9. The molecular weight excluding hydrogens is 236 g/mol. The van der Waals surface area contributed by atoms with Gasteiger partial charge in [-0.15, -0.1) is 0 Å². The van der Waals surface area contributed by atoms with Crippen LogP contribution in [0.4, 0.5) is 0 Å². The van der Waals surface area contributed by atoms with Gasteiger partial charge in [0.05, 0.1) is 0 Å². The highest BCUT2D eigenvalue weighted by Gasteiger charge is 2.25. The number of carbonyl (C=O) groups is 3. The average Bonchev–Trinajstić information content (AvgIpc) is 2.49. The van der Waals surface area contributed by atoms with Crippen LogP contribution in [-0.2, 0) is 14.4 Å². The van der Waals surface area contributed by atoms with Crippen molar-refractivity contribution in [3.05, 3.63) is 11.1 Å². The van der Waals surface area contributed by atoms with Crippen LogP contribution in [0.5, 0.6) is 0 Å². The van der Waals surface area contributed by atoms with Gasteiger partial charge in [0.1, 0.15) is 6.54 Å². The lowest BCUT2D eigenvalue weighted by Gasteiger charge is -2.20. The van der Waals surface area contributed by atoms with Crippen molar-refractivity contribution in [1.29, 1.82) is 0 Å². The van der Waals surface area contributed by atoms with E-state index in [2.05, 4.69) is 0 Å². The monoisotopic (exact) mass is 254 g/mol. The molecule has 1 aliphatic heterocycles. The molecule has 100 valence electrons. The van der Waals surface area contributed by atoms with E-state index in [1.165, 1.54) is 18.7 Å². The number of aliphatic carboxylic acids is 1. The fourth-order valence-electron chi connectivity index (χ4n) is 1.72. The molecular formula is C12H18N2O4. The summed E-state index contributed by atoms with van der Waals surface area (Å²) in [5.74, 6) is -1.61. The molecule has 18 heavy (non-hydrogen) atoms. The van der Waals surface area contributed by atoms with Gasteiger partial charge in [0.2, 0.25) is 11.8 Å². The van der Waals surface area contributed by atoms with Crippen molar-refractivity contribution in [1.82, 2.24) is 9.80 Å². The van der Waals surface area contributed by atoms with Crippen LogP contribution in [-0.4, -0.2) is 59.4 Å². The first-order chi connectivity index (χ1) is 8.34. The zero-order valence-electron chi connectivity index (χ0n) is 10.9. The predicted octanol–water partition coefficient (Wildman–Crippen LogP) is 0.0981. The van der Waals surface area contributed by atoms with Gasteiger partial charge < -0.3 is 14.9 Å². The molecule has 2 amide bonds. The second-order valence-corrected chi connectivity index (χ2v) is 4.45. The van der Waals surface area contributed by atoms with Crippen molar-refractivity contribution in [2.24, 2.45) is 0 Å². The van der Waals surface area contributed by atoms with Gasteiger partial charge in [-0.05, 0) is 20.3 Å². The number of amides is 2. The Hall–Kier alpha value is -1.85. The quantitative estimate of drug-likeness (QED) is 0.709. The summed E-state index contributed by atoms with van der Waals surface area (Å²) >= 11 is 0. The standard InChI is InChI=1S/C12H18N2O4/c1-8(9(2)12(17)18)11(16)14-6-4-5-13(3)10(15)7-14/h4-7H2,1-3H3,(H,17,18). The lowest BCUT2D eigenvalue weighted by Crippen LogP contribution is -2.38. The molecule has 0 saturated carbocycles. The maximum Gasteiger partial charge on any atom is 0.331 e. The summed E-state index contributed by atoms with van der Waals surface area (Å²) in [6, 6.07) is 0. The minimum Gasteiger partial charge on any atom is -0.478 e. The Labute approximate surface area is 106 Å². The molecule has 0 spiro atoms. The predicted molar refractivity (Wildman–Crippen MR) is 64.8 cm³/mol. The van der Waals surface area contributed by atoms with Crippen LogP contribution in [0.2, 0.25) is 0 Å². The minimum atomic E-state index is -1.11. The Morgan fingerprint density at radius 2 is 1.78 bits per heavy atom. The van der Waals surface area contributed by atoms with Crippen LogP contribution in [0.15, 0.2) is 11.1 Å². The fraction of sp³-hybridized carbons (Fsp3) is 0.583. The first kappa shape index (κ1) is 14.2. The summed E-state index contributed by atoms with van der Waals surface area (Å²) in [7, 11) is 1.70. The third-order valence-electron chi connectivity index (χ3n) is 3.16. The van der Waals surface area contributed by atoms with Crippen molar-refractivity contribution < 1.29 is 19.5 Å². The zero-order valence-corrected chi connectivity index (χ0v) is 10.9. The molecule has 1 fully saturated rings. The Kier molecular flexibility index (Phi) is 4.47. The molecule has 1 aliphatic rings. The van der Waals surface area contributed by atoms with E-state index in [4.69, 9.17) is 5.11 Å². The van der Waals surface area contributed by atoms with Crippen molar-refractivity contribution in [2.75, 3.05) is 26.7 Å². The van der Waals surface area contributed by atoms with Gasteiger partial charge in [0.25, 0.3) is 0 Å². The molecule has 0 aromatic rings. The van der Waals surface area contributed by atoms with E-state index in [0.29, 0.717) is 19.5 Å². The Balaban J connectivity index is 2.87. The Morgan fingerprint density at radius 3 is 2.33 bits per heavy atom. The molecule has 1 N–H and O–H groups in total. The van der Waals surface area contributed by atoms with Crippen molar-refractivity contribution in [3.63, 3.8) is 0 Å². The van der Waals surface area contributed by atoms with E-state index in [0.717, 1.165) is 0 Å². The largest absolute Gasteiger partial charge is 0.478 e. The fourth-order valence-corrected chi connectivity index (χ4v) is 1.72. The third kappa shape index (κ3) is 3.09. The number of hydrogen-bond acceptors (Lipinski definition) is 3. The number of likely N-dealkylation sites (N-methyl/N-ethyl adjacent to an activating group) is 1. The highest BCUT2D eigenvalue weighted by Crippen LogP contribution is 2.11. The van der Waals surface area contributed by atoms with Crippen molar-refractivity contribution >= 4 is 17.8 Å². The number of nitrogens with zero attached hydrogens (tertiary/aromatic N) is 2. The summed E-state index contributed by atoms with van der Waals surface area (Å²) < 4.78 is 0. The van der Waals surface area contributed by atoms with Crippen LogP contribution in [0.3, 0.4) is 0 Å². The molecule has 0 aromatic carbocycles. The van der Waals surface area contributed by atoms with E-state index < -0.39 is 5.97 Å². The van der Waals surface area contributed by atoms with Crippen LogP contribution in [0.25, 0.3) is 0 Å². The lowest BCUT2D eigenvalue weighted by atomic mass is 10.1. The first-order valence-corrected chi connectivity index (χ1v) is 5.78. The highest BCUT2D eigenvalue weighted by molar-refractivity contribution is 6.02. The molecule has 0 unspecified atom stereocenters. The third-order valence-corrected chi connectivity index (χ3v) is 3.16. The maximum absolute atomic E-state index is 12.1. The van der Waals surface area contributed by atoms with Gasteiger partial charge in [0.15, 0.2) is 0 Å². The first-order valence-electron chi connectivity index (χ1n) is 5.78. The molecule has 0 aromatic heterocycles. The van der Waals surface area contributed by atoms with Gasteiger partial charge in [-0.25, -0.2) is 4.79 Å². The number of carboxylic acids is 1. The second-order valence-electron chi connectivity index (χ2n) is 4.45. The molecule has 0 bridgehead atoms. The smallest absolute Gasteiger partial charge is 0.331 e. The highest BCUT2D eigenvalue weighted by atomic mass is 16.4. The molecule has 6 heteroatoms. The van der Waals surface area contributed by atoms with Crippen LogP contribution in [0.1, 0.15) is 20.3 Å². The van der Waals surface area contributed by atoms with Crippen LogP contribution in [0, 0.1) is 0 Å². The number of carbonyl (C=O) groups excluding carboxylic acids is 2. The van der Waals surface area contributed by atoms with Gasteiger partial charge in [-0.3, -0.25) is 9.59 Å². The maximum atomic E-state index is 12.1. The summed E-state index contributed by atoms with van der Waals surface area (Å²) in [6.07, 6.45) is 0.702. The van der Waals surface area contributed by atoms with Crippen LogP contribution >= 0.6 is 0 Å². The van der Waals surface area contributed by atoms with E-state index in [1.807, 2.05) is 0 Å². The topological polar surface area (TPSA) is 77.9 Å². The SMILES string of the molecule is CC(C(=O)O)=C(C)C(=O)N1CCCN(C)C(=O)C1. The van der Waals surface area contributed by atoms with Crippen molar-refractivity contribution in [2.45, 2.75) is 20.3 Å². The summed E-state index contributed by atoms with van der Waals surface area (Å²) in [5, 5.41) is 8.85. The summed E-state index contributed by atoms with van der Waals surface area (Å²) in [6.45, 7) is 3.97. The van der Waals surface area contributed by atoms with E-state index >= 15 is 0 Å².